The third-order valence-corrected chi connectivity index (χ3v) is 7.09. The molecular formula is C21H25NO4S. The Morgan fingerprint density at radius 2 is 1.56 bits per heavy atom. The quantitative estimate of drug-likeness (QED) is 0.587. The van der Waals surface area contributed by atoms with E-state index in [0.717, 1.165) is 30.4 Å². The molecule has 6 heteroatoms. The molecule has 0 radical (unpaired) electrons. The molecule has 0 spiro atoms. The van der Waals surface area contributed by atoms with Gasteiger partial charge in [0.25, 0.3) is 0 Å². The van der Waals surface area contributed by atoms with Crippen LogP contribution in [0.2, 0.25) is 0 Å². The van der Waals surface area contributed by atoms with E-state index in [9.17, 15) is 13.2 Å². The third-order valence-electron chi connectivity index (χ3n) is 5.05. The normalized spacial score (nSPS) is 15.5. The zero-order valence-corrected chi connectivity index (χ0v) is 16.8. The van der Waals surface area contributed by atoms with Gasteiger partial charge in [-0.2, -0.15) is 4.31 Å². The maximum atomic E-state index is 13.0. The number of hydrogen-bond acceptors (Lipinski definition) is 4. The van der Waals surface area contributed by atoms with Gasteiger partial charge in [-0.25, -0.2) is 13.2 Å². The highest BCUT2D eigenvalue weighted by Crippen LogP contribution is 2.25. The summed E-state index contributed by atoms with van der Waals surface area (Å²) < 4.78 is 32.9. The second kappa shape index (κ2) is 7.82. The summed E-state index contributed by atoms with van der Waals surface area (Å²) in [4.78, 5) is 12.7. The Bertz CT molecular complexity index is 960. The third kappa shape index (κ3) is 4.22. The van der Waals surface area contributed by atoms with Gasteiger partial charge in [0.1, 0.15) is 5.75 Å². The average molecular weight is 388 g/mol. The number of hydrogen-bond donors (Lipinski definition) is 0. The fourth-order valence-electron chi connectivity index (χ4n) is 3.19. The van der Waals surface area contributed by atoms with Crippen molar-refractivity contribution >= 4 is 16.0 Å². The number of ether oxygens (including phenoxy) is 1. The molecule has 3 rings (SSSR count). The molecular weight excluding hydrogens is 362 g/mol. The van der Waals surface area contributed by atoms with E-state index in [1.165, 1.54) is 10.4 Å². The van der Waals surface area contributed by atoms with Crippen molar-refractivity contribution in [1.82, 2.24) is 4.31 Å². The van der Waals surface area contributed by atoms with Crippen LogP contribution in [0, 0.1) is 20.8 Å². The highest BCUT2D eigenvalue weighted by molar-refractivity contribution is 7.89. The van der Waals surface area contributed by atoms with Crippen molar-refractivity contribution in [3.8, 4) is 5.75 Å². The maximum absolute atomic E-state index is 13.0. The largest absolute Gasteiger partial charge is 0.423 e. The summed E-state index contributed by atoms with van der Waals surface area (Å²) in [5.41, 5.74) is 3.00. The molecule has 1 fully saturated rings. The summed E-state index contributed by atoms with van der Waals surface area (Å²) in [6.07, 6.45) is 2.78. The predicted octanol–water partition coefficient (Wildman–Crippen LogP) is 4.01. The molecule has 144 valence electrons. The SMILES string of the molecule is Cc1ccc(OC(=O)c2ccc(C)c(S(=O)(=O)N3CCCCC3)c2)cc1C. The summed E-state index contributed by atoms with van der Waals surface area (Å²) in [7, 11) is -3.61. The number of aryl methyl sites for hydroxylation is 3. The number of sulfonamides is 1. The van der Waals surface area contributed by atoms with Crippen LogP contribution in [-0.2, 0) is 10.0 Å². The molecule has 0 bridgehead atoms. The Kier molecular flexibility index (Phi) is 5.67. The number of carbonyl (C=O) groups is 1. The molecule has 0 saturated carbocycles. The highest BCUT2D eigenvalue weighted by Gasteiger charge is 2.28. The van der Waals surface area contributed by atoms with Crippen LogP contribution in [0.15, 0.2) is 41.3 Å². The molecule has 1 aliphatic rings. The molecule has 0 aromatic heterocycles. The number of carbonyl (C=O) groups excluding carboxylic acids is 1. The van der Waals surface area contributed by atoms with Crippen LogP contribution in [-0.4, -0.2) is 31.8 Å². The second-order valence-corrected chi connectivity index (χ2v) is 8.99. The lowest BCUT2D eigenvalue weighted by molar-refractivity contribution is 0.0734. The van der Waals surface area contributed by atoms with Gasteiger partial charge in [-0.05, 0) is 74.6 Å². The average Bonchev–Trinajstić information content (AvgIpc) is 2.65. The molecule has 5 nitrogen and oxygen atoms in total. The Hall–Kier alpha value is -2.18. The lowest BCUT2D eigenvalue weighted by Crippen LogP contribution is -2.36. The second-order valence-electron chi connectivity index (χ2n) is 7.08. The van der Waals surface area contributed by atoms with Gasteiger partial charge in [0.05, 0.1) is 10.5 Å². The van der Waals surface area contributed by atoms with Gasteiger partial charge in [0.2, 0.25) is 10.0 Å². The minimum absolute atomic E-state index is 0.180. The summed E-state index contributed by atoms with van der Waals surface area (Å²) in [6, 6.07) is 10.1. The van der Waals surface area contributed by atoms with Crippen molar-refractivity contribution in [2.75, 3.05) is 13.1 Å². The van der Waals surface area contributed by atoms with Crippen molar-refractivity contribution in [2.45, 2.75) is 44.9 Å². The molecule has 0 amide bonds. The first-order chi connectivity index (χ1) is 12.8. The monoisotopic (exact) mass is 387 g/mol. The Labute approximate surface area is 161 Å². The van der Waals surface area contributed by atoms with E-state index in [4.69, 9.17) is 4.74 Å². The van der Waals surface area contributed by atoms with E-state index >= 15 is 0 Å². The number of rotatable bonds is 4. The highest BCUT2D eigenvalue weighted by atomic mass is 32.2. The zero-order valence-electron chi connectivity index (χ0n) is 16.0. The number of piperidine rings is 1. The van der Waals surface area contributed by atoms with Gasteiger partial charge in [-0.15, -0.1) is 0 Å². The van der Waals surface area contributed by atoms with Crippen LogP contribution in [0.3, 0.4) is 0 Å². The van der Waals surface area contributed by atoms with Gasteiger partial charge >= 0.3 is 5.97 Å². The molecule has 2 aromatic rings. The molecule has 2 aromatic carbocycles. The molecule has 0 unspecified atom stereocenters. The molecule has 1 aliphatic heterocycles. The first-order valence-corrected chi connectivity index (χ1v) is 10.6. The first-order valence-electron chi connectivity index (χ1n) is 9.19. The number of benzene rings is 2. The van der Waals surface area contributed by atoms with Gasteiger partial charge in [0.15, 0.2) is 0 Å². The van der Waals surface area contributed by atoms with E-state index in [-0.39, 0.29) is 10.5 Å². The van der Waals surface area contributed by atoms with Gasteiger partial charge in [0, 0.05) is 13.1 Å². The van der Waals surface area contributed by atoms with Crippen molar-refractivity contribution in [3.05, 3.63) is 58.7 Å². The topological polar surface area (TPSA) is 63.7 Å². The molecule has 0 atom stereocenters. The summed E-state index contributed by atoms with van der Waals surface area (Å²) in [5.74, 6) is -0.113. The fraction of sp³-hybridized carbons (Fsp3) is 0.381. The van der Waals surface area contributed by atoms with Gasteiger partial charge < -0.3 is 4.74 Å². The molecule has 0 N–H and O–H groups in total. The van der Waals surface area contributed by atoms with E-state index < -0.39 is 16.0 Å². The summed E-state index contributed by atoms with van der Waals surface area (Å²) in [6.45, 7) is 6.73. The van der Waals surface area contributed by atoms with Crippen LogP contribution in [0.4, 0.5) is 0 Å². The fourth-order valence-corrected chi connectivity index (χ4v) is 4.96. The number of nitrogens with zero attached hydrogens (tertiary/aromatic N) is 1. The van der Waals surface area contributed by atoms with E-state index in [1.807, 2.05) is 19.9 Å². The van der Waals surface area contributed by atoms with Crippen molar-refractivity contribution in [3.63, 3.8) is 0 Å². The van der Waals surface area contributed by atoms with Crippen LogP contribution >= 0.6 is 0 Å². The standard InChI is InChI=1S/C21H25NO4S/c1-15-8-10-19(13-17(15)3)26-21(23)18-9-7-16(2)20(14-18)27(24,25)22-11-5-4-6-12-22/h7-10,13-14H,4-6,11-12H2,1-3H3. The number of esters is 1. The van der Waals surface area contributed by atoms with E-state index in [1.54, 1.807) is 31.2 Å². The summed E-state index contributed by atoms with van der Waals surface area (Å²) >= 11 is 0. The van der Waals surface area contributed by atoms with Crippen molar-refractivity contribution in [1.29, 1.82) is 0 Å². The predicted molar refractivity (Wildman–Crippen MR) is 105 cm³/mol. The molecule has 1 saturated heterocycles. The minimum atomic E-state index is -3.61. The van der Waals surface area contributed by atoms with Crippen LogP contribution < -0.4 is 4.74 Å². The first kappa shape index (κ1) is 19.6. The van der Waals surface area contributed by atoms with E-state index in [2.05, 4.69) is 0 Å². The van der Waals surface area contributed by atoms with Crippen molar-refractivity contribution < 1.29 is 17.9 Å². The Balaban J connectivity index is 1.88. The molecule has 0 aliphatic carbocycles. The van der Waals surface area contributed by atoms with Crippen LogP contribution in [0.25, 0.3) is 0 Å². The van der Waals surface area contributed by atoms with Crippen molar-refractivity contribution in [2.24, 2.45) is 0 Å². The van der Waals surface area contributed by atoms with Gasteiger partial charge in [-0.3, -0.25) is 0 Å². The molecule has 1 heterocycles. The maximum Gasteiger partial charge on any atom is 0.343 e. The minimum Gasteiger partial charge on any atom is -0.423 e. The molecule has 27 heavy (non-hydrogen) atoms. The van der Waals surface area contributed by atoms with E-state index in [0.29, 0.717) is 24.4 Å². The zero-order chi connectivity index (χ0) is 19.6. The lowest BCUT2D eigenvalue weighted by atomic mass is 10.1. The van der Waals surface area contributed by atoms with Crippen LogP contribution in [0.5, 0.6) is 5.75 Å². The van der Waals surface area contributed by atoms with Crippen LogP contribution in [0.1, 0.15) is 46.3 Å². The summed E-state index contributed by atoms with van der Waals surface area (Å²) in [5, 5.41) is 0. The smallest absolute Gasteiger partial charge is 0.343 e. The Morgan fingerprint density at radius 3 is 2.22 bits per heavy atom. The van der Waals surface area contributed by atoms with Gasteiger partial charge in [-0.1, -0.05) is 18.6 Å². The lowest BCUT2D eigenvalue weighted by Gasteiger charge is -2.26. The Morgan fingerprint density at radius 1 is 0.889 bits per heavy atom.